The molecule has 7 nitrogen and oxygen atoms in total. The van der Waals surface area contributed by atoms with Gasteiger partial charge in [-0.05, 0) is 24.3 Å². The summed E-state index contributed by atoms with van der Waals surface area (Å²) < 4.78 is 11.2. The second-order valence-corrected chi connectivity index (χ2v) is 5.08. The van der Waals surface area contributed by atoms with Crippen molar-refractivity contribution >= 4 is 22.9 Å². The molecule has 0 radical (unpaired) electrons. The number of rotatable bonds is 5. The second kappa shape index (κ2) is 7.39. The molecule has 0 aliphatic rings. The van der Waals surface area contributed by atoms with E-state index in [1.165, 1.54) is 6.08 Å². The number of esters is 1. The predicted octanol–water partition coefficient (Wildman–Crippen LogP) is 2.01. The Hall–Kier alpha value is -3.48. The third-order valence-corrected chi connectivity index (χ3v) is 3.50. The first kappa shape index (κ1) is 16.4. The molecular formula is C18H15N3O4. The minimum absolute atomic E-state index is 0.314. The van der Waals surface area contributed by atoms with Crippen LogP contribution in [0.2, 0.25) is 0 Å². The van der Waals surface area contributed by atoms with E-state index in [-0.39, 0.29) is 12.3 Å². The number of carbonyl (C=O) groups excluding carboxylic acids is 1. The number of benzene rings is 2. The molecule has 3 aromatic rings. The van der Waals surface area contributed by atoms with Crippen molar-refractivity contribution in [3.63, 3.8) is 0 Å². The van der Waals surface area contributed by atoms with Crippen molar-refractivity contribution in [2.45, 2.75) is 6.73 Å². The van der Waals surface area contributed by atoms with Gasteiger partial charge in [0.15, 0.2) is 6.73 Å². The molecule has 0 spiro atoms. The predicted molar refractivity (Wildman–Crippen MR) is 91.9 cm³/mol. The van der Waals surface area contributed by atoms with Crippen LogP contribution in [0.25, 0.3) is 17.0 Å². The molecule has 25 heavy (non-hydrogen) atoms. The summed E-state index contributed by atoms with van der Waals surface area (Å²) in [6, 6.07) is 14.1. The van der Waals surface area contributed by atoms with Crippen LogP contribution in [0, 0.1) is 0 Å². The van der Waals surface area contributed by atoms with E-state index in [0.717, 1.165) is 10.2 Å². The third kappa shape index (κ3) is 3.72. The van der Waals surface area contributed by atoms with E-state index in [1.54, 1.807) is 43.5 Å². The molecule has 0 saturated heterocycles. The molecule has 0 unspecified atom stereocenters. The first-order chi connectivity index (χ1) is 12.2. The van der Waals surface area contributed by atoms with Crippen molar-refractivity contribution in [1.29, 1.82) is 0 Å². The molecule has 1 heterocycles. The van der Waals surface area contributed by atoms with Crippen LogP contribution >= 0.6 is 0 Å². The average molecular weight is 337 g/mol. The summed E-state index contributed by atoms with van der Waals surface area (Å²) in [5.41, 5.74) is 0.864. The Labute approximate surface area is 143 Å². The van der Waals surface area contributed by atoms with Gasteiger partial charge in [-0.3, -0.25) is 4.79 Å². The monoisotopic (exact) mass is 337 g/mol. The number of ether oxygens (including phenoxy) is 2. The molecule has 1 aromatic heterocycles. The van der Waals surface area contributed by atoms with Gasteiger partial charge in [0.1, 0.15) is 11.3 Å². The molecule has 126 valence electrons. The van der Waals surface area contributed by atoms with Crippen molar-refractivity contribution < 1.29 is 14.3 Å². The van der Waals surface area contributed by atoms with Gasteiger partial charge >= 0.3 is 5.97 Å². The van der Waals surface area contributed by atoms with Crippen LogP contribution < -0.4 is 10.3 Å². The molecule has 0 atom stereocenters. The van der Waals surface area contributed by atoms with Gasteiger partial charge in [0, 0.05) is 11.6 Å². The first-order valence-corrected chi connectivity index (χ1v) is 7.49. The van der Waals surface area contributed by atoms with E-state index in [9.17, 15) is 9.59 Å². The summed E-state index contributed by atoms with van der Waals surface area (Å²) >= 11 is 0. The van der Waals surface area contributed by atoms with Gasteiger partial charge in [-0.15, -0.1) is 5.10 Å². The highest BCUT2D eigenvalue weighted by atomic mass is 16.5. The number of aromatic nitrogens is 3. The van der Waals surface area contributed by atoms with Gasteiger partial charge in [-0.1, -0.05) is 35.5 Å². The van der Waals surface area contributed by atoms with Crippen LogP contribution in [0.15, 0.2) is 59.4 Å². The lowest BCUT2D eigenvalue weighted by atomic mass is 10.2. The van der Waals surface area contributed by atoms with Gasteiger partial charge < -0.3 is 9.47 Å². The maximum atomic E-state index is 12.2. The topological polar surface area (TPSA) is 83.3 Å². The number of nitrogens with zero attached hydrogens (tertiary/aromatic N) is 3. The van der Waals surface area contributed by atoms with Crippen molar-refractivity contribution in [2.75, 3.05) is 7.11 Å². The van der Waals surface area contributed by atoms with E-state index < -0.39 is 5.97 Å². The highest BCUT2D eigenvalue weighted by Crippen LogP contribution is 2.18. The number of para-hydroxylation sites is 1. The van der Waals surface area contributed by atoms with Crippen LogP contribution in [-0.2, 0) is 16.3 Å². The Kier molecular flexibility index (Phi) is 4.84. The smallest absolute Gasteiger partial charge is 0.332 e. The standard InChI is InChI=1S/C18H15N3O4/c1-24-16-9-5-2-6-13(16)10-11-17(22)25-12-21-18(23)14-7-3-4-8-15(14)19-20-21/h2-11H,12H2,1H3/b11-10+. The SMILES string of the molecule is COc1ccccc1/C=C/C(=O)OCn1nnc2ccccc2c1=O. The highest BCUT2D eigenvalue weighted by molar-refractivity contribution is 5.87. The summed E-state index contributed by atoms with van der Waals surface area (Å²) in [6.07, 6.45) is 2.84. The van der Waals surface area contributed by atoms with E-state index in [4.69, 9.17) is 9.47 Å². The Morgan fingerprint density at radius 2 is 1.92 bits per heavy atom. The van der Waals surface area contributed by atoms with Gasteiger partial charge in [0.25, 0.3) is 5.56 Å². The van der Waals surface area contributed by atoms with Crippen molar-refractivity contribution in [3.8, 4) is 5.75 Å². The zero-order valence-electron chi connectivity index (χ0n) is 13.5. The Morgan fingerprint density at radius 3 is 2.76 bits per heavy atom. The second-order valence-electron chi connectivity index (χ2n) is 5.08. The Balaban J connectivity index is 1.69. The van der Waals surface area contributed by atoms with Crippen LogP contribution in [-0.4, -0.2) is 28.1 Å². The van der Waals surface area contributed by atoms with Crippen molar-refractivity contribution in [2.24, 2.45) is 0 Å². The fourth-order valence-electron chi connectivity index (χ4n) is 2.24. The van der Waals surface area contributed by atoms with Crippen LogP contribution in [0.4, 0.5) is 0 Å². The lowest BCUT2D eigenvalue weighted by Crippen LogP contribution is -2.26. The maximum absolute atomic E-state index is 12.2. The number of fused-ring (bicyclic) bond motifs is 1. The molecule has 0 aliphatic heterocycles. The fraction of sp³-hybridized carbons (Fsp3) is 0.111. The van der Waals surface area contributed by atoms with Gasteiger partial charge in [0.2, 0.25) is 0 Å². The number of carbonyl (C=O) groups is 1. The maximum Gasteiger partial charge on any atom is 0.332 e. The number of methoxy groups -OCH3 is 1. The highest BCUT2D eigenvalue weighted by Gasteiger charge is 2.06. The minimum Gasteiger partial charge on any atom is -0.496 e. The van der Waals surface area contributed by atoms with E-state index >= 15 is 0 Å². The van der Waals surface area contributed by atoms with Gasteiger partial charge in [0.05, 0.1) is 12.5 Å². The minimum atomic E-state index is -0.604. The zero-order valence-corrected chi connectivity index (χ0v) is 13.5. The zero-order chi connectivity index (χ0) is 17.6. The van der Waals surface area contributed by atoms with Crippen LogP contribution in [0.5, 0.6) is 5.75 Å². The largest absolute Gasteiger partial charge is 0.496 e. The van der Waals surface area contributed by atoms with Crippen molar-refractivity contribution in [3.05, 3.63) is 70.5 Å². The van der Waals surface area contributed by atoms with Gasteiger partial charge in [-0.2, -0.15) is 4.68 Å². The summed E-state index contributed by atoms with van der Waals surface area (Å²) in [5.74, 6) is 0.0379. The van der Waals surface area contributed by atoms with Crippen LogP contribution in [0.3, 0.4) is 0 Å². The van der Waals surface area contributed by atoms with E-state index in [2.05, 4.69) is 10.3 Å². The third-order valence-electron chi connectivity index (χ3n) is 3.50. The first-order valence-electron chi connectivity index (χ1n) is 7.49. The number of hydrogen-bond donors (Lipinski definition) is 0. The van der Waals surface area contributed by atoms with E-state index in [0.29, 0.717) is 16.7 Å². The van der Waals surface area contributed by atoms with Crippen molar-refractivity contribution in [1.82, 2.24) is 15.0 Å². The quantitative estimate of drug-likeness (QED) is 0.523. The van der Waals surface area contributed by atoms with Gasteiger partial charge in [-0.25, -0.2) is 4.79 Å². The molecule has 0 N–H and O–H groups in total. The molecule has 2 aromatic carbocycles. The molecule has 0 saturated carbocycles. The molecule has 0 fully saturated rings. The Morgan fingerprint density at radius 1 is 1.16 bits per heavy atom. The summed E-state index contributed by atoms with van der Waals surface area (Å²) in [5, 5.41) is 8.10. The molecule has 7 heteroatoms. The summed E-state index contributed by atoms with van der Waals surface area (Å²) in [6.45, 7) is -0.314. The normalized spacial score (nSPS) is 10.9. The Bertz CT molecular complexity index is 995. The summed E-state index contributed by atoms with van der Waals surface area (Å²) in [4.78, 5) is 24.1. The lowest BCUT2D eigenvalue weighted by Gasteiger charge is -2.05. The fourth-order valence-corrected chi connectivity index (χ4v) is 2.24. The average Bonchev–Trinajstić information content (AvgIpc) is 2.66. The van der Waals surface area contributed by atoms with Crippen LogP contribution in [0.1, 0.15) is 5.56 Å². The molecule has 3 rings (SSSR count). The molecule has 0 amide bonds. The molecule has 0 aliphatic carbocycles. The number of hydrogen-bond acceptors (Lipinski definition) is 6. The summed E-state index contributed by atoms with van der Waals surface area (Å²) in [7, 11) is 1.55. The molecule has 0 bridgehead atoms. The lowest BCUT2D eigenvalue weighted by molar-refractivity contribution is -0.141. The molecular weight excluding hydrogens is 322 g/mol. The van der Waals surface area contributed by atoms with E-state index in [1.807, 2.05) is 18.2 Å².